The first-order valence-corrected chi connectivity index (χ1v) is 18.8. The summed E-state index contributed by atoms with van der Waals surface area (Å²) in [5.74, 6) is 0.384. The molecule has 1 heterocycles. The number of nitrogens with zero attached hydrogens (tertiary/aromatic N) is 1. The maximum absolute atomic E-state index is 14.5. The van der Waals surface area contributed by atoms with Crippen molar-refractivity contribution in [1.82, 2.24) is 4.98 Å². The summed E-state index contributed by atoms with van der Waals surface area (Å²) in [6.07, 6.45) is 6.73. The molecule has 3 aromatic carbocycles. The number of allylic oxidation sites excluding steroid dienone is 2. The Bertz CT molecular complexity index is 1560. The van der Waals surface area contributed by atoms with Crippen molar-refractivity contribution in [3.63, 3.8) is 0 Å². The van der Waals surface area contributed by atoms with Gasteiger partial charge in [0.1, 0.15) is 5.82 Å². The number of ketones is 1. The van der Waals surface area contributed by atoms with Crippen LogP contribution in [0.25, 0.3) is 32.8 Å². The minimum atomic E-state index is -1.67. The van der Waals surface area contributed by atoms with E-state index in [2.05, 4.69) is 61.9 Å². The summed E-state index contributed by atoms with van der Waals surface area (Å²) in [5.41, 5.74) is 4.17. The number of carbonyl (C=O) groups is 1. The van der Waals surface area contributed by atoms with Gasteiger partial charge in [-0.1, -0.05) is 73.3 Å². The van der Waals surface area contributed by atoms with Gasteiger partial charge in [0.15, 0.2) is 5.78 Å². The predicted octanol–water partition coefficient (Wildman–Crippen LogP) is 10.0. The first-order valence-electron chi connectivity index (χ1n) is 15.3. The van der Waals surface area contributed by atoms with Gasteiger partial charge in [-0.25, -0.2) is 4.39 Å². The Labute approximate surface area is 272 Å². The summed E-state index contributed by atoms with van der Waals surface area (Å²) < 4.78 is 14.5. The zero-order valence-corrected chi connectivity index (χ0v) is 30.6. The molecule has 0 aliphatic rings. The van der Waals surface area contributed by atoms with Crippen LogP contribution in [0.4, 0.5) is 4.39 Å². The summed E-state index contributed by atoms with van der Waals surface area (Å²) in [6, 6.07) is 17.3. The molecule has 0 saturated heterocycles. The third kappa shape index (κ3) is 8.94. The minimum absolute atomic E-state index is 0. The summed E-state index contributed by atoms with van der Waals surface area (Å²) in [5, 5.41) is 15.1. The molecular weight excluding hydrogens is 730 g/mol. The summed E-state index contributed by atoms with van der Waals surface area (Å²) >= 11 is 0. The van der Waals surface area contributed by atoms with Crippen molar-refractivity contribution in [2.45, 2.75) is 86.9 Å². The van der Waals surface area contributed by atoms with Gasteiger partial charge in [0, 0.05) is 44.2 Å². The molecule has 0 spiro atoms. The fourth-order valence-corrected chi connectivity index (χ4v) is 7.30. The van der Waals surface area contributed by atoms with Gasteiger partial charge < -0.3 is 10.1 Å². The van der Waals surface area contributed by atoms with E-state index in [-0.39, 0.29) is 49.3 Å². The van der Waals surface area contributed by atoms with Gasteiger partial charge in [-0.3, -0.25) is 4.79 Å². The molecule has 0 amide bonds. The number of benzene rings is 3. The zero-order valence-electron chi connectivity index (χ0n) is 27.2. The standard InChI is InChI=1S/C24H23FNSi.C13H24O2.Ir/c1-15-10-16(2)12-17(11-15)24-21-7-6-20-22(19(21)8-9-26-24)13-18(25)14-23(20)27(3,4)5;1-5-10(6-2)12(14)9-13(15)11(7-3)8-4;/h6-11,13-14H,1-5H3;9-11,14H,5-8H2,1-4H3;/q-1;;/b;12-9-;. The van der Waals surface area contributed by atoms with E-state index in [0.717, 1.165) is 69.2 Å². The smallest absolute Gasteiger partial charge is 0.162 e. The second-order valence-electron chi connectivity index (χ2n) is 12.4. The van der Waals surface area contributed by atoms with E-state index in [1.807, 2.05) is 46.9 Å². The van der Waals surface area contributed by atoms with E-state index in [4.69, 9.17) is 0 Å². The molecule has 0 aliphatic heterocycles. The average molecular weight is 777 g/mol. The summed E-state index contributed by atoms with van der Waals surface area (Å²) in [7, 11) is -1.67. The number of hydrogen-bond acceptors (Lipinski definition) is 3. The Morgan fingerprint density at radius 3 is 2.05 bits per heavy atom. The molecule has 3 nitrogen and oxygen atoms in total. The first-order chi connectivity index (χ1) is 19.8. The fourth-order valence-electron chi connectivity index (χ4n) is 5.70. The van der Waals surface area contributed by atoms with Crippen molar-refractivity contribution < 1.29 is 34.4 Å². The molecule has 233 valence electrons. The number of carbonyl (C=O) groups excluding carboxylic acids is 1. The minimum Gasteiger partial charge on any atom is -0.512 e. The molecule has 6 heteroatoms. The van der Waals surface area contributed by atoms with Crippen LogP contribution < -0.4 is 5.19 Å². The first kappa shape index (κ1) is 36.5. The van der Waals surface area contributed by atoms with E-state index in [0.29, 0.717) is 0 Å². The molecule has 1 radical (unpaired) electrons. The number of hydrogen-bond donors (Lipinski definition) is 1. The monoisotopic (exact) mass is 777 g/mol. The molecule has 0 atom stereocenters. The Morgan fingerprint density at radius 1 is 0.884 bits per heavy atom. The van der Waals surface area contributed by atoms with Crippen LogP contribution in [-0.4, -0.2) is 23.9 Å². The Kier molecular flexibility index (Phi) is 13.5. The van der Waals surface area contributed by atoms with Crippen LogP contribution in [0.5, 0.6) is 0 Å². The number of rotatable bonds is 9. The van der Waals surface area contributed by atoms with E-state index >= 15 is 0 Å². The van der Waals surface area contributed by atoms with Gasteiger partial charge in [-0.2, -0.15) is 0 Å². The number of fused-ring (bicyclic) bond motifs is 3. The molecule has 1 aromatic heterocycles. The van der Waals surface area contributed by atoms with Crippen LogP contribution in [0.3, 0.4) is 0 Å². The molecule has 4 rings (SSSR count). The topological polar surface area (TPSA) is 50.2 Å². The predicted molar refractivity (Wildman–Crippen MR) is 180 cm³/mol. The Morgan fingerprint density at radius 2 is 1.49 bits per heavy atom. The number of pyridine rings is 1. The van der Waals surface area contributed by atoms with Crippen LogP contribution in [0.1, 0.15) is 64.5 Å². The molecule has 0 fully saturated rings. The number of aliphatic hydroxyl groups is 1. The maximum Gasteiger partial charge on any atom is 0.162 e. The average Bonchev–Trinajstić information content (AvgIpc) is 2.92. The van der Waals surface area contributed by atoms with E-state index < -0.39 is 8.07 Å². The number of aliphatic hydroxyl groups excluding tert-OH is 1. The molecule has 0 saturated carbocycles. The summed E-state index contributed by atoms with van der Waals surface area (Å²) in [6.45, 7) is 19.0. The second kappa shape index (κ2) is 15.9. The van der Waals surface area contributed by atoms with Gasteiger partial charge in [0.05, 0.1) is 13.8 Å². The molecule has 43 heavy (non-hydrogen) atoms. The van der Waals surface area contributed by atoms with Crippen molar-refractivity contribution in [2.24, 2.45) is 11.8 Å². The normalized spacial score (nSPS) is 12.0. The number of aromatic nitrogens is 1. The molecular formula is C37H47FIrNO2Si-. The summed E-state index contributed by atoms with van der Waals surface area (Å²) in [4.78, 5) is 16.4. The van der Waals surface area contributed by atoms with Crippen molar-refractivity contribution in [2.75, 3.05) is 0 Å². The fraction of sp³-hybridized carbons (Fsp3) is 0.405. The van der Waals surface area contributed by atoms with Gasteiger partial charge in [-0.15, -0.1) is 34.9 Å². The quantitative estimate of drug-likeness (QED) is 0.0606. The molecule has 0 bridgehead atoms. The second-order valence-corrected chi connectivity index (χ2v) is 17.4. The van der Waals surface area contributed by atoms with E-state index in [1.54, 1.807) is 12.1 Å². The largest absolute Gasteiger partial charge is 0.512 e. The Hall–Kier alpha value is -2.66. The van der Waals surface area contributed by atoms with Crippen LogP contribution >= 0.6 is 0 Å². The third-order valence-corrected chi connectivity index (χ3v) is 10.2. The van der Waals surface area contributed by atoms with Crippen molar-refractivity contribution in [3.05, 3.63) is 83.5 Å². The maximum atomic E-state index is 14.5. The van der Waals surface area contributed by atoms with Crippen LogP contribution in [-0.2, 0) is 24.9 Å². The third-order valence-electron chi connectivity index (χ3n) is 8.13. The van der Waals surface area contributed by atoms with Gasteiger partial charge in [0.25, 0.3) is 0 Å². The van der Waals surface area contributed by atoms with Gasteiger partial charge in [0.2, 0.25) is 0 Å². The zero-order chi connectivity index (χ0) is 31.2. The van der Waals surface area contributed by atoms with Crippen molar-refractivity contribution in [3.8, 4) is 11.3 Å². The number of halogens is 1. The van der Waals surface area contributed by atoms with Gasteiger partial charge in [-0.05, 0) is 76.3 Å². The molecule has 1 N–H and O–H groups in total. The van der Waals surface area contributed by atoms with Crippen molar-refractivity contribution >= 4 is 40.6 Å². The van der Waals surface area contributed by atoms with Crippen molar-refractivity contribution in [1.29, 1.82) is 0 Å². The van der Waals surface area contributed by atoms with E-state index in [9.17, 15) is 14.3 Å². The van der Waals surface area contributed by atoms with Crippen LogP contribution in [0, 0.1) is 37.6 Å². The SMILES string of the molecule is CCC(CC)C(=O)/C=C(\O)C(CC)CC.Cc1[c-]c(-c2nccc3c2ccc2c([Si](C)(C)C)cc(F)cc23)cc(C)c1.[Ir]. The molecule has 0 aliphatic carbocycles. The molecule has 0 unspecified atom stereocenters. The van der Waals surface area contributed by atoms with Crippen LogP contribution in [0.15, 0.2) is 60.5 Å². The van der Waals surface area contributed by atoms with E-state index in [1.165, 1.54) is 11.6 Å². The van der Waals surface area contributed by atoms with Crippen LogP contribution in [0.2, 0.25) is 19.6 Å². The number of aryl methyl sites for hydroxylation is 2. The van der Waals surface area contributed by atoms with Gasteiger partial charge >= 0.3 is 0 Å². The Balaban J connectivity index is 0.000000348. The molecule has 4 aromatic rings.